The van der Waals surface area contributed by atoms with Crippen molar-refractivity contribution in [1.82, 2.24) is 9.97 Å². The van der Waals surface area contributed by atoms with E-state index in [1.807, 2.05) is 32.9 Å². The second-order valence-electron chi connectivity index (χ2n) is 5.18. The first-order chi connectivity index (χ1) is 9.99. The van der Waals surface area contributed by atoms with Crippen molar-refractivity contribution in [3.8, 4) is 6.07 Å². The summed E-state index contributed by atoms with van der Waals surface area (Å²) in [7, 11) is 0. The summed E-state index contributed by atoms with van der Waals surface area (Å²) in [6, 6.07) is 8.19. The van der Waals surface area contributed by atoms with E-state index < -0.39 is 5.82 Å². The molecule has 0 aliphatic heterocycles. The predicted molar refractivity (Wildman–Crippen MR) is 79.3 cm³/mol. The minimum absolute atomic E-state index is 0.233. The molecule has 0 spiro atoms. The van der Waals surface area contributed by atoms with Crippen molar-refractivity contribution in [3.05, 3.63) is 52.7 Å². The van der Waals surface area contributed by atoms with Gasteiger partial charge in [-0.25, -0.2) is 14.4 Å². The van der Waals surface area contributed by atoms with Crippen molar-refractivity contribution in [2.75, 3.05) is 5.32 Å². The lowest BCUT2D eigenvalue weighted by molar-refractivity contribution is 0.612. The quantitative estimate of drug-likeness (QED) is 0.933. The Morgan fingerprint density at radius 2 is 2.05 bits per heavy atom. The first kappa shape index (κ1) is 14.9. The normalized spacial score (nSPS) is 10.5. The van der Waals surface area contributed by atoms with Crippen molar-refractivity contribution >= 4 is 5.82 Å². The lowest BCUT2D eigenvalue weighted by atomic mass is 10.1. The van der Waals surface area contributed by atoms with Gasteiger partial charge in [-0.2, -0.15) is 5.26 Å². The average molecular weight is 284 g/mol. The van der Waals surface area contributed by atoms with Crippen molar-refractivity contribution in [2.24, 2.45) is 0 Å². The number of nitrogens with one attached hydrogen (secondary N) is 1. The molecule has 0 amide bonds. The van der Waals surface area contributed by atoms with E-state index in [0.29, 0.717) is 23.5 Å². The third-order valence-electron chi connectivity index (χ3n) is 3.03. The van der Waals surface area contributed by atoms with Crippen LogP contribution in [0.3, 0.4) is 0 Å². The molecule has 0 saturated carbocycles. The molecule has 1 aromatic heterocycles. The molecule has 0 radical (unpaired) electrons. The fourth-order valence-electron chi connectivity index (χ4n) is 1.89. The zero-order valence-corrected chi connectivity index (χ0v) is 12.3. The van der Waals surface area contributed by atoms with E-state index in [4.69, 9.17) is 5.26 Å². The molecule has 2 rings (SSSR count). The highest BCUT2D eigenvalue weighted by Crippen LogP contribution is 2.16. The minimum Gasteiger partial charge on any atom is -0.366 e. The third kappa shape index (κ3) is 3.76. The summed E-state index contributed by atoms with van der Waals surface area (Å²) in [6.07, 6.45) is 0. The number of rotatable bonds is 4. The van der Waals surface area contributed by atoms with E-state index in [1.54, 1.807) is 12.1 Å². The Bertz CT molecular complexity index is 689. The highest BCUT2D eigenvalue weighted by Gasteiger charge is 2.08. The molecule has 0 unspecified atom stereocenters. The SMILES string of the molecule is Cc1cc(NCc2ccc(C#N)cc2F)nc(C(C)C)n1. The van der Waals surface area contributed by atoms with E-state index in [0.717, 1.165) is 11.5 Å². The number of nitriles is 1. The molecule has 1 N–H and O–H groups in total. The number of hydrogen-bond acceptors (Lipinski definition) is 4. The van der Waals surface area contributed by atoms with Crippen LogP contribution in [-0.4, -0.2) is 9.97 Å². The highest BCUT2D eigenvalue weighted by molar-refractivity contribution is 5.39. The van der Waals surface area contributed by atoms with Crippen LogP contribution in [0.4, 0.5) is 10.2 Å². The summed E-state index contributed by atoms with van der Waals surface area (Å²) in [4.78, 5) is 8.78. The zero-order valence-electron chi connectivity index (χ0n) is 12.3. The Morgan fingerprint density at radius 1 is 1.29 bits per heavy atom. The van der Waals surface area contributed by atoms with Crippen LogP contribution in [0.25, 0.3) is 0 Å². The molecular weight excluding hydrogens is 267 g/mol. The number of hydrogen-bond donors (Lipinski definition) is 1. The maximum atomic E-state index is 13.8. The molecule has 1 heterocycles. The van der Waals surface area contributed by atoms with Crippen molar-refractivity contribution in [1.29, 1.82) is 5.26 Å². The Hall–Kier alpha value is -2.48. The van der Waals surface area contributed by atoms with Gasteiger partial charge < -0.3 is 5.32 Å². The molecule has 4 nitrogen and oxygen atoms in total. The molecule has 0 aliphatic rings. The van der Waals surface area contributed by atoms with Gasteiger partial charge in [0.15, 0.2) is 0 Å². The van der Waals surface area contributed by atoms with Gasteiger partial charge in [0.1, 0.15) is 17.5 Å². The molecule has 0 aliphatic carbocycles. The largest absolute Gasteiger partial charge is 0.366 e. The van der Waals surface area contributed by atoms with Gasteiger partial charge in [0.25, 0.3) is 0 Å². The van der Waals surface area contributed by atoms with Crippen molar-refractivity contribution in [3.63, 3.8) is 0 Å². The van der Waals surface area contributed by atoms with E-state index in [-0.39, 0.29) is 5.92 Å². The summed E-state index contributed by atoms with van der Waals surface area (Å²) in [5, 5.41) is 11.8. The average Bonchev–Trinajstić information content (AvgIpc) is 2.45. The maximum Gasteiger partial charge on any atom is 0.133 e. The number of anilines is 1. The van der Waals surface area contributed by atoms with Crippen LogP contribution < -0.4 is 5.32 Å². The summed E-state index contributed by atoms with van der Waals surface area (Å²) in [5.74, 6) is 1.28. The Morgan fingerprint density at radius 3 is 2.67 bits per heavy atom. The Balaban J connectivity index is 2.15. The lowest BCUT2D eigenvalue weighted by Gasteiger charge is -2.11. The Labute approximate surface area is 123 Å². The summed E-state index contributed by atoms with van der Waals surface area (Å²) >= 11 is 0. The fraction of sp³-hybridized carbons (Fsp3) is 0.312. The maximum absolute atomic E-state index is 13.8. The third-order valence-corrected chi connectivity index (χ3v) is 3.03. The molecule has 0 fully saturated rings. The van der Waals surface area contributed by atoms with Crippen LogP contribution in [0.5, 0.6) is 0 Å². The first-order valence-corrected chi connectivity index (χ1v) is 6.77. The van der Waals surface area contributed by atoms with E-state index >= 15 is 0 Å². The molecule has 2 aromatic rings. The highest BCUT2D eigenvalue weighted by atomic mass is 19.1. The van der Waals surface area contributed by atoms with Gasteiger partial charge in [0, 0.05) is 29.8 Å². The van der Waals surface area contributed by atoms with Crippen LogP contribution >= 0.6 is 0 Å². The van der Waals surface area contributed by atoms with E-state index in [2.05, 4.69) is 15.3 Å². The molecule has 21 heavy (non-hydrogen) atoms. The van der Waals surface area contributed by atoms with Crippen LogP contribution in [0.2, 0.25) is 0 Å². The summed E-state index contributed by atoms with van der Waals surface area (Å²) in [5.41, 5.74) is 1.68. The van der Waals surface area contributed by atoms with Gasteiger partial charge in [0.2, 0.25) is 0 Å². The molecule has 1 aromatic carbocycles. The van der Waals surface area contributed by atoms with E-state index in [1.165, 1.54) is 6.07 Å². The van der Waals surface area contributed by atoms with Gasteiger partial charge in [-0.15, -0.1) is 0 Å². The topological polar surface area (TPSA) is 61.6 Å². The molecule has 108 valence electrons. The van der Waals surface area contributed by atoms with Gasteiger partial charge in [-0.3, -0.25) is 0 Å². The molecular formula is C16H17FN4. The minimum atomic E-state index is -0.392. The van der Waals surface area contributed by atoms with Gasteiger partial charge in [0.05, 0.1) is 11.6 Å². The predicted octanol–water partition coefficient (Wildman–Crippen LogP) is 3.53. The zero-order chi connectivity index (χ0) is 15.4. The monoisotopic (exact) mass is 284 g/mol. The number of halogens is 1. The molecule has 0 atom stereocenters. The second-order valence-corrected chi connectivity index (χ2v) is 5.18. The Kier molecular flexibility index (Phi) is 4.49. The van der Waals surface area contributed by atoms with Gasteiger partial charge in [-0.05, 0) is 19.1 Å². The van der Waals surface area contributed by atoms with Crippen molar-refractivity contribution in [2.45, 2.75) is 33.2 Å². The number of nitrogens with zero attached hydrogens (tertiary/aromatic N) is 3. The first-order valence-electron chi connectivity index (χ1n) is 6.77. The number of benzene rings is 1. The van der Waals surface area contributed by atoms with Crippen LogP contribution in [-0.2, 0) is 6.54 Å². The smallest absolute Gasteiger partial charge is 0.133 e. The fourth-order valence-corrected chi connectivity index (χ4v) is 1.89. The van der Waals surface area contributed by atoms with E-state index in [9.17, 15) is 4.39 Å². The molecule has 0 bridgehead atoms. The van der Waals surface area contributed by atoms with Crippen LogP contribution in [0, 0.1) is 24.1 Å². The second kappa shape index (κ2) is 6.31. The van der Waals surface area contributed by atoms with Gasteiger partial charge in [-0.1, -0.05) is 19.9 Å². The summed E-state index contributed by atoms with van der Waals surface area (Å²) < 4.78 is 13.8. The van der Waals surface area contributed by atoms with Crippen LogP contribution in [0.1, 0.15) is 42.4 Å². The molecule has 0 saturated heterocycles. The standard InChI is InChI=1S/C16H17FN4/c1-10(2)16-20-11(3)6-15(21-16)19-9-13-5-4-12(8-18)7-14(13)17/h4-7,10H,9H2,1-3H3,(H,19,20,21). The van der Waals surface area contributed by atoms with Gasteiger partial charge >= 0.3 is 0 Å². The lowest BCUT2D eigenvalue weighted by Crippen LogP contribution is -2.07. The van der Waals surface area contributed by atoms with Crippen LogP contribution in [0.15, 0.2) is 24.3 Å². The number of aryl methyl sites for hydroxylation is 1. The number of aromatic nitrogens is 2. The summed E-state index contributed by atoms with van der Waals surface area (Å²) in [6.45, 7) is 6.27. The van der Waals surface area contributed by atoms with Crippen molar-refractivity contribution < 1.29 is 4.39 Å². The molecule has 5 heteroatoms.